The molecule has 1 aromatic heterocycles. The van der Waals surface area contributed by atoms with Gasteiger partial charge < -0.3 is 10.1 Å². The van der Waals surface area contributed by atoms with Gasteiger partial charge in [-0.05, 0) is 67.6 Å². The van der Waals surface area contributed by atoms with E-state index in [1.807, 2.05) is 43.6 Å². The summed E-state index contributed by atoms with van der Waals surface area (Å²) < 4.78 is 5.58. The Labute approximate surface area is 185 Å². The highest BCUT2D eigenvalue weighted by molar-refractivity contribution is 5.90. The first-order valence-electron chi connectivity index (χ1n) is 11.5. The van der Waals surface area contributed by atoms with Crippen LogP contribution in [0.3, 0.4) is 0 Å². The van der Waals surface area contributed by atoms with Crippen molar-refractivity contribution in [3.05, 3.63) is 59.9 Å². The number of aromatic nitrogens is 1. The number of anilines is 1. The van der Waals surface area contributed by atoms with E-state index in [9.17, 15) is 4.79 Å². The van der Waals surface area contributed by atoms with Crippen LogP contribution < -0.4 is 5.32 Å². The van der Waals surface area contributed by atoms with Crippen molar-refractivity contribution in [1.29, 1.82) is 0 Å². The Morgan fingerprint density at radius 3 is 2.74 bits per heavy atom. The summed E-state index contributed by atoms with van der Waals surface area (Å²) in [5, 5.41) is 3.07. The molecule has 0 saturated carbocycles. The first kappa shape index (κ1) is 21.9. The predicted octanol–water partition coefficient (Wildman–Crippen LogP) is 3.33. The summed E-state index contributed by atoms with van der Waals surface area (Å²) in [5.41, 5.74) is 3.35. The molecule has 0 spiro atoms. The summed E-state index contributed by atoms with van der Waals surface area (Å²) in [6, 6.07) is 12.7. The quantitative estimate of drug-likeness (QED) is 0.742. The smallest absolute Gasteiger partial charge is 0.224 e. The molecule has 2 fully saturated rings. The van der Waals surface area contributed by atoms with Gasteiger partial charge in [0.25, 0.3) is 0 Å². The minimum atomic E-state index is 0.109. The van der Waals surface area contributed by atoms with E-state index in [0.29, 0.717) is 18.4 Å². The van der Waals surface area contributed by atoms with Crippen molar-refractivity contribution in [2.75, 3.05) is 44.7 Å². The Morgan fingerprint density at radius 1 is 1.16 bits per heavy atom. The van der Waals surface area contributed by atoms with Crippen LogP contribution in [-0.4, -0.2) is 66.1 Å². The second kappa shape index (κ2) is 10.8. The normalized spacial score (nSPS) is 22.9. The van der Waals surface area contributed by atoms with Crippen molar-refractivity contribution in [3.63, 3.8) is 0 Å². The third-order valence-electron chi connectivity index (χ3n) is 6.49. The number of hydrogen-bond donors (Lipinski definition) is 1. The first-order valence-corrected chi connectivity index (χ1v) is 11.5. The Bertz CT molecular complexity index is 838. The van der Waals surface area contributed by atoms with Gasteiger partial charge in [-0.1, -0.05) is 12.1 Å². The lowest BCUT2D eigenvalue weighted by molar-refractivity contribution is -0.116. The minimum absolute atomic E-state index is 0.109. The van der Waals surface area contributed by atoms with Gasteiger partial charge >= 0.3 is 0 Å². The number of benzene rings is 1. The summed E-state index contributed by atoms with van der Waals surface area (Å²) in [5.74, 6) is 0.592. The molecule has 2 aliphatic rings. The Kier molecular flexibility index (Phi) is 7.67. The summed E-state index contributed by atoms with van der Waals surface area (Å²) in [6.45, 7) is 8.75. The number of nitrogens with zero attached hydrogens (tertiary/aromatic N) is 3. The number of pyridine rings is 1. The molecule has 1 aromatic carbocycles. The van der Waals surface area contributed by atoms with Gasteiger partial charge in [0.1, 0.15) is 0 Å². The molecule has 2 atom stereocenters. The molecule has 0 unspecified atom stereocenters. The molecule has 0 radical (unpaired) electrons. The molecule has 2 saturated heterocycles. The topological polar surface area (TPSA) is 57.7 Å². The van der Waals surface area contributed by atoms with Crippen LogP contribution in [0, 0.1) is 12.8 Å². The van der Waals surface area contributed by atoms with E-state index in [-0.39, 0.29) is 5.91 Å². The van der Waals surface area contributed by atoms with Crippen LogP contribution in [0.2, 0.25) is 0 Å². The second-order valence-electron chi connectivity index (χ2n) is 8.81. The molecule has 2 aliphatic heterocycles. The van der Waals surface area contributed by atoms with Crippen molar-refractivity contribution in [2.24, 2.45) is 5.92 Å². The van der Waals surface area contributed by atoms with Crippen LogP contribution in [0.1, 0.15) is 30.4 Å². The van der Waals surface area contributed by atoms with Gasteiger partial charge in [-0.15, -0.1) is 0 Å². The summed E-state index contributed by atoms with van der Waals surface area (Å²) in [7, 11) is 0. The number of hydrogen-bond acceptors (Lipinski definition) is 5. The molecular weight excluding hydrogens is 388 g/mol. The molecule has 0 aliphatic carbocycles. The largest absolute Gasteiger partial charge is 0.379 e. The minimum Gasteiger partial charge on any atom is -0.379 e. The van der Waals surface area contributed by atoms with E-state index >= 15 is 0 Å². The number of ether oxygens (including phenoxy) is 1. The average molecular weight is 423 g/mol. The molecular formula is C25H34N4O2. The number of piperidine rings is 1. The van der Waals surface area contributed by atoms with Gasteiger partial charge in [-0.3, -0.25) is 19.6 Å². The Hall–Kier alpha value is -2.28. The number of amides is 1. The highest BCUT2D eigenvalue weighted by atomic mass is 16.5. The zero-order chi connectivity index (χ0) is 21.5. The maximum atomic E-state index is 12.7. The average Bonchev–Trinajstić information content (AvgIpc) is 2.79. The van der Waals surface area contributed by atoms with E-state index < -0.39 is 0 Å². The molecule has 6 nitrogen and oxygen atoms in total. The molecule has 31 heavy (non-hydrogen) atoms. The molecule has 2 aromatic rings. The standard InChI is InChI=1S/C25H34N4O2/c1-20-3-2-4-23(17-20)27-25(30)6-5-22-19-28(18-21-7-10-26-11-8-21)12-9-24(22)29-13-15-31-16-14-29/h2-4,7-8,10-11,17,22,24H,5-6,9,12-16,18-19H2,1H3,(H,27,30)/t22-,24+/m0/s1. The summed E-state index contributed by atoms with van der Waals surface area (Å²) >= 11 is 0. The first-order chi connectivity index (χ1) is 15.2. The Morgan fingerprint density at radius 2 is 1.97 bits per heavy atom. The van der Waals surface area contributed by atoms with Crippen LogP contribution in [-0.2, 0) is 16.1 Å². The van der Waals surface area contributed by atoms with E-state index in [4.69, 9.17) is 4.74 Å². The zero-order valence-corrected chi connectivity index (χ0v) is 18.5. The molecule has 1 N–H and O–H groups in total. The molecule has 1 amide bonds. The maximum absolute atomic E-state index is 12.7. The van der Waals surface area contributed by atoms with Crippen molar-refractivity contribution in [1.82, 2.24) is 14.8 Å². The van der Waals surface area contributed by atoms with Crippen LogP contribution >= 0.6 is 0 Å². The van der Waals surface area contributed by atoms with Crippen molar-refractivity contribution >= 4 is 11.6 Å². The Balaban J connectivity index is 1.37. The van der Waals surface area contributed by atoms with E-state index in [2.05, 4.69) is 32.2 Å². The number of nitrogens with one attached hydrogen (secondary N) is 1. The van der Waals surface area contributed by atoms with Gasteiger partial charge in [0.2, 0.25) is 5.91 Å². The lowest BCUT2D eigenvalue weighted by Gasteiger charge is -2.45. The second-order valence-corrected chi connectivity index (χ2v) is 8.81. The highest BCUT2D eigenvalue weighted by Gasteiger charge is 2.34. The van der Waals surface area contributed by atoms with Gasteiger partial charge in [-0.2, -0.15) is 0 Å². The van der Waals surface area contributed by atoms with Crippen LogP contribution in [0.25, 0.3) is 0 Å². The lowest BCUT2D eigenvalue weighted by atomic mass is 9.86. The highest BCUT2D eigenvalue weighted by Crippen LogP contribution is 2.28. The molecule has 3 heterocycles. The van der Waals surface area contributed by atoms with Gasteiger partial charge in [0.05, 0.1) is 13.2 Å². The number of rotatable bonds is 7. The number of aryl methyl sites for hydroxylation is 1. The maximum Gasteiger partial charge on any atom is 0.224 e. The van der Waals surface area contributed by atoms with E-state index in [1.165, 1.54) is 5.56 Å². The lowest BCUT2D eigenvalue weighted by Crippen LogP contribution is -2.53. The zero-order valence-electron chi connectivity index (χ0n) is 18.5. The van der Waals surface area contributed by atoms with Gasteiger partial charge in [0.15, 0.2) is 0 Å². The fourth-order valence-electron chi connectivity index (χ4n) is 4.92. The van der Waals surface area contributed by atoms with Crippen LogP contribution in [0.4, 0.5) is 5.69 Å². The van der Waals surface area contributed by atoms with E-state index in [0.717, 1.165) is 70.0 Å². The SMILES string of the molecule is Cc1cccc(NC(=O)CC[C@H]2CN(Cc3ccncc3)CC[C@H]2N2CCOCC2)c1. The van der Waals surface area contributed by atoms with Gasteiger partial charge in [0, 0.05) is 56.7 Å². The molecule has 6 heteroatoms. The van der Waals surface area contributed by atoms with Gasteiger partial charge in [-0.25, -0.2) is 0 Å². The third kappa shape index (κ3) is 6.35. The molecule has 166 valence electrons. The fourth-order valence-corrected chi connectivity index (χ4v) is 4.92. The predicted molar refractivity (Wildman–Crippen MR) is 123 cm³/mol. The number of carbonyl (C=O) groups is 1. The van der Waals surface area contributed by atoms with E-state index in [1.54, 1.807) is 0 Å². The van der Waals surface area contributed by atoms with Crippen LogP contribution in [0.5, 0.6) is 0 Å². The third-order valence-corrected chi connectivity index (χ3v) is 6.49. The number of morpholine rings is 1. The number of likely N-dealkylation sites (tertiary alicyclic amines) is 1. The van der Waals surface area contributed by atoms with Crippen molar-refractivity contribution in [2.45, 2.75) is 38.8 Å². The molecule has 0 bridgehead atoms. The number of carbonyl (C=O) groups excluding carboxylic acids is 1. The van der Waals surface area contributed by atoms with Crippen LogP contribution in [0.15, 0.2) is 48.8 Å². The fraction of sp³-hybridized carbons (Fsp3) is 0.520. The van der Waals surface area contributed by atoms with Crippen molar-refractivity contribution < 1.29 is 9.53 Å². The monoisotopic (exact) mass is 422 g/mol. The van der Waals surface area contributed by atoms with Crippen molar-refractivity contribution in [3.8, 4) is 0 Å². The summed E-state index contributed by atoms with van der Waals surface area (Å²) in [4.78, 5) is 21.9. The summed E-state index contributed by atoms with van der Waals surface area (Å²) in [6.07, 6.45) is 6.34. The molecule has 4 rings (SSSR count).